The Morgan fingerprint density at radius 1 is 1.09 bits per heavy atom. The fourth-order valence-electron chi connectivity index (χ4n) is 1.74. The van der Waals surface area contributed by atoms with E-state index in [2.05, 4.69) is 19.2 Å². The van der Waals surface area contributed by atoms with Crippen LogP contribution in [-0.2, 0) is 0 Å². The predicted molar refractivity (Wildman–Crippen MR) is 52.4 cm³/mol. The Morgan fingerprint density at radius 2 is 1.64 bits per heavy atom. The first-order valence-electron chi connectivity index (χ1n) is 4.55. The zero-order valence-electron chi connectivity index (χ0n) is 7.60. The summed E-state index contributed by atoms with van der Waals surface area (Å²) in [5, 5.41) is 3.58. The minimum Gasteiger partial charge on any atom is -0.312 e. The van der Waals surface area contributed by atoms with Gasteiger partial charge in [0.25, 0.3) is 0 Å². The van der Waals surface area contributed by atoms with Crippen molar-refractivity contribution in [3.8, 4) is 0 Å². The molecule has 0 spiro atoms. The summed E-state index contributed by atoms with van der Waals surface area (Å²) >= 11 is 0. The molecule has 0 amide bonds. The Balaban J connectivity index is 0.000001000. The Labute approximate surface area is 76.4 Å². The Hall–Kier alpha value is 0.250. The lowest BCUT2D eigenvalue weighted by atomic mass is 9.95. The van der Waals surface area contributed by atoms with Gasteiger partial charge in [-0.25, -0.2) is 0 Å². The normalized spacial score (nSPS) is 19.9. The maximum atomic E-state index is 3.58. The summed E-state index contributed by atoms with van der Waals surface area (Å²) in [6.07, 6.45) is 7.13. The molecule has 1 fully saturated rings. The molecule has 0 bridgehead atoms. The zero-order chi connectivity index (χ0) is 7.40. The molecule has 1 nitrogen and oxygen atoms in total. The van der Waals surface area contributed by atoms with E-state index in [1.807, 2.05) is 0 Å². The van der Waals surface area contributed by atoms with Crippen molar-refractivity contribution in [3.05, 3.63) is 0 Å². The molecule has 0 aromatic carbocycles. The summed E-state index contributed by atoms with van der Waals surface area (Å²) < 4.78 is 0. The summed E-state index contributed by atoms with van der Waals surface area (Å²) in [7, 11) is 0. The minimum atomic E-state index is 0. The average molecular weight is 178 g/mol. The molecule has 0 aromatic rings. The largest absolute Gasteiger partial charge is 0.312 e. The summed E-state index contributed by atoms with van der Waals surface area (Å²) in [4.78, 5) is 0. The third kappa shape index (κ3) is 4.65. The molecule has 1 rings (SSSR count). The molecule has 68 valence electrons. The van der Waals surface area contributed by atoms with Gasteiger partial charge in [0, 0.05) is 12.1 Å². The van der Waals surface area contributed by atoms with E-state index in [9.17, 15) is 0 Å². The molecule has 1 saturated carbocycles. The highest BCUT2D eigenvalue weighted by Crippen LogP contribution is 2.17. The van der Waals surface area contributed by atoms with Crippen molar-refractivity contribution in [1.82, 2.24) is 5.32 Å². The third-order valence-corrected chi connectivity index (χ3v) is 2.17. The number of rotatable bonds is 2. The van der Waals surface area contributed by atoms with Crippen LogP contribution in [0.15, 0.2) is 0 Å². The fraction of sp³-hybridized carbons (Fsp3) is 1.00. The van der Waals surface area contributed by atoms with Gasteiger partial charge in [-0.2, -0.15) is 0 Å². The lowest BCUT2D eigenvalue weighted by Crippen LogP contribution is -2.35. The molecule has 1 aliphatic carbocycles. The first-order valence-corrected chi connectivity index (χ1v) is 4.55. The van der Waals surface area contributed by atoms with Crippen LogP contribution in [0.5, 0.6) is 0 Å². The van der Waals surface area contributed by atoms with Crippen molar-refractivity contribution in [3.63, 3.8) is 0 Å². The number of nitrogens with one attached hydrogen (secondary N) is 1. The van der Waals surface area contributed by atoms with E-state index in [1.165, 1.54) is 32.1 Å². The Bertz CT molecular complexity index is 87.6. The van der Waals surface area contributed by atoms with Crippen LogP contribution in [-0.4, -0.2) is 12.1 Å². The van der Waals surface area contributed by atoms with Gasteiger partial charge < -0.3 is 5.32 Å². The Morgan fingerprint density at radius 3 is 2.09 bits per heavy atom. The van der Waals surface area contributed by atoms with Crippen molar-refractivity contribution in [2.24, 2.45) is 0 Å². The van der Waals surface area contributed by atoms with E-state index in [0.717, 1.165) is 6.04 Å². The van der Waals surface area contributed by atoms with Gasteiger partial charge in [0.1, 0.15) is 0 Å². The van der Waals surface area contributed by atoms with Gasteiger partial charge in [0.15, 0.2) is 0 Å². The molecule has 0 unspecified atom stereocenters. The third-order valence-electron chi connectivity index (χ3n) is 2.17. The summed E-state index contributed by atoms with van der Waals surface area (Å²) in [5.74, 6) is 0. The van der Waals surface area contributed by atoms with Gasteiger partial charge in [0.05, 0.1) is 0 Å². The lowest BCUT2D eigenvalue weighted by Gasteiger charge is -2.24. The molecule has 0 aliphatic heterocycles. The minimum absolute atomic E-state index is 0. The van der Waals surface area contributed by atoms with Crippen LogP contribution < -0.4 is 5.32 Å². The molecule has 0 radical (unpaired) electrons. The SMILES string of the molecule is CC(C)NC1CCCCC1.Cl. The van der Waals surface area contributed by atoms with E-state index < -0.39 is 0 Å². The summed E-state index contributed by atoms with van der Waals surface area (Å²) in [6.45, 7) is 4.46. The quantitative estimate of drug-likeness (QED) is 0.684. The number of halogens is 1. The summed E-state index contributed by atoms with van der Waals surface area (Å²) in [5.41, 5.74) is 0. The second-order valence-corrected chi connectivity index (χ2v) is 3.66. The molecular weight excluding hydrogens is 158 g/mol. The maximum Gasteiger partial charge on any atom is 0.00694 e. The number of hydrogen-bond donors (Lipinski definition) is 1. The van der Waals surface area contributed by atoms with Gasteiger partial charge >= 0.3 is 0 Å². The van der Waals surface area contributed by atoms with Gasteiger partial charge in [-0.3, -0.25) is 0 Å². The molecule has 1 aliphatic rings. The molecule has 1 N–H and O–H groups in total. The van der Waals surface area contributed by atoms with Crippen LogP contribution in [0.3, 0.4) is 0 Å². The van der Waals surface area contributed by atoms with E-state index >= 15 is 0 Å². The summed E-state index contributed by atoms with van der Waals surface area (Å²) in [6, 6.07) is 1.50. The van der Waals surface area contributed by atoms with Crippen LogP contribution >= 0.6 is 12.4 Å². The second-order valence-electron chi connectivity index (χ2n) is 3.66. The first kappa shape index (κ1) is 11.2. The van der Waals surface area contributed by atoms with Crippen molar-refractivity contribution in [2.75, 3.05) is 0 Å². The van der Waals surface area contributed by atoms with Gasteiger partial charge in [-0.15, -0.1) is 12.4 Å². The monoisotopic (exact) mass is 177 g/mol. The molecule has 2 heteroatoms. The Kier molecular flexibility index (Phi) is 5.98. The number of hydrogen-bond acceptors (Lipinski definition) is 1. The fourth-order valence-corrected chi connectivity index (χ4v) is 1.74. The predicted octanol–water partition coefficient (Wildman–Crippen LogP) is 2.74. The van der Waals surface area contributed by atoms with Crippen LogP contribution in [0.25, 0.3) is 0 Å². The van der Waals surface area contributed by atoms with Crippen LogP contribution in [0, 0.1) is 0 Å². The van der Waals surface area contributed by atoms with E-state index in [4.69, 9.17) is 0 Å². The molecule has 0 atom stereocenters. The van der Waals surface area contributed by atoms with Gasteiger partial charge in [-0.05, 0) is 12.8 Å². The molecule has 11 heavy (non-hydrogen) atoms. The molecule has 0 saturated heterocycles. The van der Waals surface area contributed by atoms with E-state index in [1.54, 1.807) is 0 Å². The van der Waals surface area contributed by atoms with Gasteiger partial charge in [0.2, 0.25) is 0 Å². The van der Waals surface area contributed by atoms with Crippen LogP contribution in [0.2, 0.25) is 0 Å². The van der Waals surface area contributed by atoms with Crippen molar-refractivity contribution < 1.29 is 0 Å². The standard InChI is InChI=1S/C9H19N.ClH/c1-8(2)10-9-6-4-3-5-7-9;/h8-10H,3-7H2,1-2H3;1H. The van der Waals surface area contributed by atoms with E-state index in [-0.39, 0.29) is 12.4 Å². The van der Waals surface area contributed by atoms with E-state index in [0.29, 0.717) is 6.04 Å². The van der Waals surface area contributed by atoms with Gasteiger partial charge in [-0.1, -0.05) is 33.1 Å². The smallest absolute Gasteiger partial charge is 0.00694 e. The topological polar surface area (TPSA) is 12.0 Å². The van der Waals surface area contributed by atoms with Crippen molar-refractivity contribution in [2.45, 2.75) is 58.0 Å². The molecule has 0 heterocycles. The highest BCUT2D eigenvalue weighted by molar-refractivity contribution is 5.85. The molecular formula is C9H20ClN. The highest BCUT2D eigenvalue weighted by Gasteiger charge is 2.12. The van der Waals surface area contributed by atoms with Crippen LogP contribution in [0.4, 0.5) is 0 Å². The zero-order valence-corrected chi connectivity index (χ0v) is 8.41. The highest BCUT2D eigenvalue weighted by atomic mass is 35.5. The van der Waals surface area contributed by atoms with Crippen molar-refractivity contribution >= 4 is 12.4 Å². The molecule has 0 aromatic heterocycles. The lowest BCUT2D eigenvalue weighted by molar-refractivity contribution is 0.352. The van der Waals surface area contributed by atoms with Crippen molar-refractivity contribution in [1.29, 1.82) is 0 Å². The second kappa shape index (κ2) is 5.84. The maximum absolute atomic E-state index is 3.58. The first-order chi connectivity index (χ1) is 4.79. The van der Waals surface area contributed by atoms with Crippen LogP contribution in [0.1, 0.15) is 46.0 Å². The average Bonchev–Trinajstić information content (AvgIpc) is 1.88.